The molecule has 2 N–H and O–H groups in total. The van der Waals surface area contributed by atoms with Gasteiger partial charge in [0.1, 0.15) is 0 Å². The highest BCUT2D eigenvalue weighted by Crippen LogP contribution is 2.31. The summed E-state index contributed by atoms with van der Waals surface area (Å²) in [5.74, 6) is 4.36. The molecule has 0 bridgehead atoms. The van der Waals surface area contributed by atoms with Crippen molar-refractivity contribution in [1.29, 1.82) is 0 Å². The molecule has 0 aliphatic carbocycles. The van der Waals surface area contributed by atoms with Crippen LogP contribution in [0.2, 0.25) is 10.0 Å². The average Bonchev–Trinajstić information content (AvgIpc) is 2.69. The second-order valence-corrected chi connectivity index (χ2v) is 5.48. The zero-order valence-electron chi connectivity index (χ0n) is 9.66. The van der Waals surface area contributed by atoms with Crippen LogP contribution in [-0.4, -0.2) is 14.9 Å². The Kier molecular flexibility index (Phi) is 4.36. The Labute approximate surface area is 126 Å². The number of nitrogen functional groups attached to an aromatic ring is 1. The van der Waals surface area contributed by atoms with E-state index in [0.717, 1.165) is 11.8 Å². The molecule has 2 rings (SSSR count). The van der Waals surface area contributed by atoms with Crippen molar-refractivity contribution in [1.82, 2.24) is 14.9 Å². The van der Waals surface area contributed by atoms with Gasteiger partial charge in [0.25, 0.3) is 5.82 Å². The van der Waals surface area contributed by atoms with Gasteiger partial charge in [0.05, 0.1) is 0 Å². The highest BCUT2D eigenvalue weighted by atomic mass is 35.5. The van der Waals surface area contributed by atoms with E-state index in [0.29, 0.717) is 26.0 Å². The third-order valence-electron chi connectivity index (χ3n) is 2.29. The lowest BCUT2D eigenvalue weighted by Gasteiger charge is -2.06. The number of hydrogen-bond acceptors (Lipinski definition) is 4. The minimum Gasteiger partial charge on any atom is -0.335 e. The average molecular weight is 343 g/mol. The molecule has 10 heteroatoms. The van der Waals surface area contributed by atoms with Gasteiger partial charge >= 0.3 is 6.18 Å². The first kappa shape index (κ1) is 15.3. The molecule has 4 nitrogen and oxygen atoms in total. The molecule has 0 radical (unpaired) electrons. The van der Waals surface area contributed by atoms with Crippen LogP contribution in [0, 0.1) is 0 Å². The summed E-state index contributed by atoms with van der Waals surface area (Å²) in [6.45, 7) is 0. The Morgan fingerprint density at radius 2 is 1.95 bits per heavy atom. The van der Waals surface area contributed by atoms with Crippen molar-refractivity contribution < 1.29 is 13.2 Å². The van der Waals surface area contributed by atoms with Crippen LogP contribution in [0.5, 0.6) is 0 Å². The Hall–Kier alpha value is -1.12. The van der Waals surface area contributed by atoms with Gasteiger partial charge in [0.2, 0.25) is 5.16 Å². The summed E-state index contributed by atoms with van der Waals surface area (Å²) in [6, 6.07) is 4.87. The topological polar surface area (TPSA) is 56.7 Å². The monoisotopic (exact) mass is 342 g/mol. The van der Waals surface area contributed by atoms with Crippen LogP contribution >= 0.6 is 35.0 Å². The largest absolute Gasteiger partial charge is 0.453 e. The molecule has 1 aromatic heterocycles. The van der Waals surface area contributed by atoms with Crippen LogP contribution in [0.25, 0.3) is 0 Å². The van der Waals surface area contributed by atoms with Crippen LogP contribution in [-0.2, 0) is 11.9 Å². The van der Waals surface area contributed by atoms with E-state index < -0.39 is 12.0 Å². The highest BCUT2D eigenvalue weighted by Gasteiger charge is 2.38. The number of benzene rings is 1. The highest BCUT2D eigenvalue weighted by molar-refractivity contribution is 7.98. The molecule has 0 amide bonds. The van der Waals surface area contributed by atoms with Crippen molar-refractivity contribution >= 4 is 35.0 Å². The number of nitrogens with two attached hydrogens (primary N) is 1. The van der Waals surface area contributed by atoms with Crippen molar-refractivity contribution in [3.8, 4) is 0 Å². The summed E-state index contributed by atoms with van der Waals surface area (Å²) in [4.78, 5) is 0. The van der Waals surface area contributed by atoms with Gasteiger partial charge in [-0.2, -0.15) is 13.2 Å². The minimum atomic E-state index is -4.64. The van der Waals surface area contributed by atoms with Crippen LogP contribution < -0.4 is 5.84 Å². The van der Waals surface area contributed by atoms with Crippen molar-refractivity contribution in [3.63, 3.8) is 0 Å². The van der Waals surface area contributed by atoms with Gasteiger partial charge in [0, 0.05) is 15.8 Å². The minimum absolute atomic E-state index is 0.0525. The molecule has 0 unspecified atom stereocenters. The number of halogens is 5. The lowest BCUT2D eigenvalue weighted by molar-refractivity contribution is -0.146. The first-order chi connectivity index (χ1) is 9.29. The summed E-state index contributed by atoms with van der Waals surface area (Å²) >= 11 is 12.7. The van der Waals surface area contributed by atoms with E-state index in [1.807, 2.05) is 0 Å². The normalized spacial score (nSPS) is 11.8. The van der Waals surface area contributed by atoms with Crippen LogP contribution in [0.1, 0.15) is 11.4 Å². The predicted octanol–water partition coefficient (Wildman–Crippen LogP) is 3.61. The van der Waals surface area contributed by atoms with E-state index in [9.17, 15) is 13.2 Å². The van der Waals surface area contributed by atoms with Gasteiger partial charge in [-0.25, -0.2) is 4.68 Å². The van der Waals surface area contributed by atoms with Gasteiger partial charge in [-0.3, -0.25) is 0 Å². The first-order valence-corrected chi connectivity index (χ1v) is 6.87. The number of alkyl halides is 3. The van der Waals surface area contributed by atoms with E-state index in [1.54, 1.807) is 18.2 Å². The van der Waals surface area contributed by atoms with E-state index in [1.165, 1.54) is 0 Å². The molecule has 0 spiro atoms. The van der Waals surface area contributed by atoms with Crippen molar-refractivity contribution in [3.05, 3.63) is 39.6 Å². The SMILES string of the molecule is Nn1c(SCc2ccc(Cl)cc2Cl)nnc1C(F)(F)F. The zero-order valence-corrected chi connectivity index (χ0v) is 12.0. The number of nitrogens with zero attached hydrogens (tertiary/aromatic N) is 3. The molecule has 1 aromatic carbocycles. The Morgan fingerprint density at radius 1 is 1.25 bits per heavy atom. The summed E-state index contributed by atoms with van der Waals surface area (Å²) in [5, 5.41) is 7.28. The molecular formula is C10H7Cl2F3N4S. The molecule has 0 aliphatic rings. The summed E-state index contributed by atoms with van der Waals surface area (Å²) in [5.41, 5.74) is 0.706. The molecule has 1 heterocycles. The predicted molar refractivity (Wildman–Crippen MR) is 71.2 cm³/mol. The lowest BCUT2D eigenvalue weighted by Crippen LogP contribution is -2.21. The fourth-order valence-electron chi connectivity index (χ4n) is 1.35. The van der Waals surface area contributed by atoms with Crippen molar-refractivity contribution in [2.45, 2.75) is 17.1 Å². The lowest BCUT2D eigenvalue weighted by atomic mass is 10.2. The fourth-order valence-corrected chi connectivity index (χ4v) is 2.76. The number of hydrogen-bond donors (Lipinski definition) is 1. The van der Waals surface area contributed by atoms with Gasteiger partial charge in [-0.1, -0.05) is 41.0 Å². The van der Waals surface area contributed by atoms with Gasteiger partial charge in [-0.15, -0.1) is 10.2 Å². The second kappa shape index (κ2) is 5.71. The fraction of sp³-hybridized carbons (Fsp3) is 0.200. The van der Waals surface area contributed by atoms with E-state index >= 15 is 0 Å². The third-order valence-corrected chi connectivity index (χ3v) is 3.87. The molecular weight excluding hydrogens is 336 g/mol. The maximum absolute atomic E-state index is 12.5. The molecule has 0 aliphatic heterocycles. The molecule has 0 fully saturated rings. The standard InChI is InChI=1S/C10H7Cl2F3N4S/c11-6-2-1-5(7(12)3-6)4-20-9-18-17-8(19(9)16)10(13,14)15/h1-3H,4,16H2. The zero-order chi connectivity index (χ0) is 14.9. The maximum atomic E-state index is 12.5. The van der Waals surface area contributed by atoms with Gasteiger partial charge in [0.15, 0.2) is 0 Å². The maximum Gasteiger partial charge on any atom is 0.453 e. The van der Waals surface area contributed by atoms with Crippen LogP contribution in [0.4, 0.5) is 13.2 Å². The Balaban J connectivity index is 2.14. The smallest absolute Gasteiger partial charge is 0.335 e. The number of aromatic nitrogens is 3. The van der Waals surface area contributed by atoms with Crippen LogP contribution in [0.3, 0.4) is 0 Å². The Bertz CT molecular complexity index is 629. The van der Waals surface area contributed by atoms with Gasteiger partial charge in [-0.05, 0) is 17.7 Å². The molecule has 108 valence electrons. The van der Waals surface area contributed by atoms with Crippen LogP contribution in [0.15, 0.2) is 23.4 Å². The van der Waals surface area contributed by atoms with Gasteiger partial charge < -0.3 is 5.84 Å². The first-order valence-electron chi connectivity index (χ1n) is 5.13. The van der Waals surface area contributed by atoms with Crippen molar-refractivity contribution in [2.75, 3.05) is 5.84 Å². The number of thioether (sulfide) groups is 1. The molecule has 0 saturated carbocycles. The number of rotatable bonds is 3. The third kappa shape index (κ3) is 3.31. The quantitative estimate of drug-likeness (QED) is 0.683. The summed E-state index contributed by atoms with van der Waals surface area (Å²) < 4.78 is 37.9. The summed E-state index contributed by atoms with van der Waals surface area (Å²) in [6.07, 6.45) is -4.64. The summed E-state index contributed by atoms with van der Waals surface area (Å²) in [7, 11) is 0. The molecule has 2 aromatic rings. The second-order valence-electron chi connectivity index (χ2n) is 3.70. The van der Waals surface area contributed by atoms with E-state index in [2.05, 4.69) is 10.2 Å². The Morgan fingerprint density at radius 3 is 2.50 bits per heavy atom. The molecule has 20 heavy (non-hydrogen) atoms. The van der Waals surface area contributed by atoms with E-state index in [4.69, 9.17) is 29.0 Å². The molecule has 0 saturated heterocycles. The van der Waals surface area contributed by atoms with E-state index in [-0.39, 0.29) is 5.16 Å². The van der Waals surface area contributed by atoms with Crippen molar-refractivity contribution in [2.24, 2.45) is 0 Å². The molecule has 0 atom stereocenters.